The van der Waals surface area contributed by atoms with Gasteiger partial charge in [0.05, 0.1) is 6.33 Å². The van der Waals surface area contributed by atoms with Crippen molar-refractivity contribution in [3.8, 4) is 0 Å². The second-order valence-electron chi connectivity index (χ2n) is 2.23. The van der Waals surface area contributed by atoms with Gasteiger partial charge in [-0.05, 0) is 0 Å². The van der Waals surface area contributed by atoms with Crippen molar-refractivity contribution in [3.63, 3.8) is 0 Å². The number of H-pyrrole nitrogens is 1. The Balaban J connectivity index is 0.00000121. The van der Waals surface area contributed by atoms with E-state index in [1.165, 1.54) is 6.33 Å². The summed E-state index contributed by atoms with van der Waals surface area (Å²) in [5, 5.41) is 8.42. The summed E-state index contributed by atoms with van der Waals surface area (Å²) in [6.07, 6.45) is 3.34. The molecule has 0 aliphatic heterocycles. The first-order chi connectivity index (χ1) is 5.20. The maximum atomic E-state index is 10.3. The van der Waals surface area contributed by atoms with Gasteiger partial charge >= 0.3 is 5.97 Å². The Labute approximate surface area is 79.8 Å². The Morgan fingerprint density at radius 1 is 1.83 bits per heavy atom. The zero-order chi connectivity index (χ0) is 8.27. The molecule has 12 heavy (non-hydrogen) atoms. The molecule has 0 unspecified atom stereocenters. The maximum Gasteiger partial charge on any atom is 0.320 e. The molecule has 0 spiro atoms. The first kappa shape index (κ1) is 11.2. The van der Waals surface area contributed by atoms with Crippen LogP contribution in [0.2, 0.25) is 0 Å². The van der Waals surface area contributed by atoms with E-state index in [9.17, 15) is 4.79 Å². The number of hydrogen-bond acceptors (Lipinski definition) is 3. The van der Waals surface area contributed by atoms with Crippen molar-refractivity contribution >= 4 is 5.97 Å². The summed E-state index contributed by atoms with van der Waals surface area (Å²) in [5.41, 5.74) is 6.00. The van der Waals surface area contributed by atoms with E-state index in [0.29, 0.717) is 0 Å². The minimum absolute atomic E-state index is 0. The minimum atomic E-state index is -1.00. The van der Waals surface area contributed by atoms with Crippen molar-refractivity contribution in [1.82, 2.24) is 9.97 Å². The van der Waals surface area contributed by atoms with E-state index >= 15 is 0 Å². The fourth-order valence-corrected chi connectivity index (χ4v) is 0.721. The van der Waals surface area contributed by atoms with Gasteiger partial charge in [-0.1, -0.05) is 0 Å². The molecule has 6 heteroatoms. The number of nitrogens with two attached hydrogens (primary N) is 1. The fourth-order valence-electron chi connectivity index (χ4n) is 0.721. The van der Waals surface area contributed by atoms with Crippen molar-refractivity contribution in [3.05, 3.63) is 18.2 Å². The molecule has 0 aromatic carbocycles. The van der Waals surface area contributed by atoms with E-state index in [1.807, 2.05) is 0 Å². The molecular formula is C6H9CuN3O2. The second kappa shape index (κ2) is 4.92. The average Bonchev–Trinajstić information content (AvgIpc) is 2.39. The molecule has 0 saturated heterocycles. The second-order valence-corrected chi connectivity index (χ2v) is 2.23. The number of nitrogens with one attached hydrogen (secondary N) is 1. The van der Waals surface area contributed by atoms with Crippen molar-refractivity contribution < 1.29 is 27.0 Å². The first-order valence-corrected chi connectivity index (χ1v) is 3.16. The predicted octanol–water partition coefficient (Wildman–Crippen LogP) is -0.638. The van der Waals surface area contributed by atoms with E-state index in [2.05, 4.69) is 9.97 Å². The topological polar surface area (TPSA) is 92.0 Å². The molecular weight excluding hydrogens is 210 g/mol. The van der Waals surface area contributed by atoms with Crippen LogP contribution >= 0.6 is 0 Å². The summed E-state index contributed by atoms with van der Waals surface area (Å²) in [4.78, 5) is 16.8. The number of hydrogen-bond donors (Lipinski definition) is 3. The summed E-state index contributed by atoms with van der Waals surface area (Å²) in [7, 11) is 0. The van der Waals surface area contributed by atoms with Gasteiger partial charge in [0.15, 0.2) is 0 Å². The van der Waals surface area contributed by atoms with Crippen LogP contribution in [0, 0.1) is 0 Å². The van der Waals surface area contributed by atoms with E-state index < -0.39 is 12.0 Å². The van der Waals surface area contributed by atoms with Crippen LogP contribution in [0.4, 0.5) is 0 Å². The number of rotatable bonds is 3. The summed E-state index contributed by atoms with van der Waals surface area (Å²) < 4.78 is 0. The number of aliphatic carboxylic acids is 1. The molecule has 1 atom stereocenters. The standard InChI is InChI=1S/C6H9N3O2.Cu/c7-5(6(10)11)1-4-2-8-3-9-4;/h2-3,5H,1,7H2,(H,8,9)(H,10,11);/t5-;/m1./s1. The molecule has 4 N–H and O–H groups in total. The van der Waals surface area contributed by atoms with E-state index in [0.717, 1.165) is 5.69 Å². The Morgan fingerprint density at radius 3 is 2.92 bits per heavy atom. The number of carboxylic acids is 1. The van der Waals surface area contributed by atoms with Crippen LogP contribution < -0.4 is 5.73 Å². The van der Waals surface area contributed by atoms with Crippen LogP contribution in [0.15, 0.2) is 12.5 Å². The van der Waals surface area contributed by atoms with Gasteiger partial charge in [0, 0.05) is 35.4 Å². The van der Waals surface area contributed by atoms with Gasteiger partial charge in [-0.3, -0.25) is 4.79 Å². The maximum absolute atomic E-state index is 10.3. The molecule has 0 bridgehead atoms. The predicted molar refractivity (Wildman–Crippen MR) is 37.9 cm³/mol. The quantitative estimate of drug-likeness (QED) is 0.589. The van der Waals surface area contributed by atoms with Crippen LogP contribution in [-0.4, -0.2) is 27.1 Å². The Hall–Kier alpha value is -0.841. The molecule has 1 heterocycles. The van der Waals surface area contributed by atoms with Gasteiger partial charge in [-0.15, -0.1) is 0 Å². The van der Waals surface area contributed by atoms with Crippen molar-refractivity contribution in [2.24, 2.45) is 5.73 Å². The molecule has 1 radical (unpaired) electrons. The largest absolute Gasteiger partial charge is 0.480 e. The molecule has 0 fully saturated rings. The molecule has 1 aromatic rings. The van der Waals surface area contributed by atoms with Gasteiger partial charge in [-0.25, -0.2) is 4.98 Å². The third-order valence-corrected chi connectivity index (χ3v) is 1.31. The number of nitrogens with zero attached hydrogens (tertiary/aromatic N) is 1. The van der Waals surface area contributed by atoms with Crippen LogP contribution in [0.5, 0.6) is 0 Å². The number of aromatic amines is 1. The molecule has 1 rings (SSSR count). The summed E-state index contributed by atoms with van der Waals surface area (Å²) in [5.74, 6) is -1.00. The summed E-state index contributed by atoms with van der Waals surface area (Å²) in [6, 6.07) is -0.851. The van der Waals surface area contributed by atoms with E-state index in [1.54, 1.807) is 6.20 Å². The third-order valence-electron chi connectivity index (χ3n) is 1.31. The molecule has 0 saturated carbocycles. The Morgan fingerprint density at radius 2 is 2.50 bits per heavy atom. The summed E-state index contributed by atoms with van der Waals surface area (Å²) >= 11 is 0. The van der Waals surface area contributed by atoms with Crippen LogP contribution in [0.3, 0.4) is 0 Å². The first-order valence-electron chi connectivity index (χ1n) is 3.16. The zero-order valence-electron chi connectivity index (χ0n) is 6.12. The smallest absolute Gasteiger partial charge is 0.320 e. The average molecular weight is 219 g/mol. The molecule has 1 aromatic heterocycles. The third kappa shape index (κ3) is 3.04. The van der Waals surface area contributed by atoms with Crippen molar-refractivity contribution in [1.29, 1.82) is 0 Å². The monoisotopic (exact) mass is 218 g/mol. The van der Waals surface area contributed by atoms with Gasteiger partial charge in [0.25, 0.3) is 0 Å². The molecule has 0 aliphatic rings. The number of aromatic nitrogens is 2. The molecule has 71 valence electrons. The SMILES string of the molecule is N[C@H](Cc1cnc[nH]1)C(=O)O.[Cu]. The number of imidazole rings is 1. The van der Waals surface area contributed by atoms with Crippen LogP contribution in [-0.2, 0) is 28.3 Å². The van der Waals surface area contributed by atoms with Gasteiger partial charge < -0.3 is 15.8 Å². The Bertz CT molecular complexity index is 237. The minimum Gasteiger partial charge on any atom is -0.480 e. The van der Waals surface area contributed by atoms with Crippen molar-refractivity contribution in [2.75, 3.05) is 0 Å². The van der Waals surface area contributed by atoms with E-state index in [4.69, 9.17) is 10.8 Å². The fraction of sp³-hybridized carbons (Fsp3) is 0.333. The van der Waals surface area contributed by atoms with Crippen LogP contribution in [0.1, 0.15) is 5.69 Å². The van der Waals surface area contributed by atoms with Crippen LogP contribution in [0.25, 0.3) is 0 Å². The van der Waals surface area contributed by atoms with Gasteiger partial charge in [0.1, 0.15) is 6.04 Å². The zero-order valence-corrected chi connectivity index (χ0v) is 7.06. The van der Waals surface area contributed by atoms with Gasteiger partial charge in [-0.2, -0.15) is 0 Å². The van der Waals surface area contributed by atoms with Crippen molar-refractivity contribution in [2.45, 2.75) is 12.5 Å². The number of carboxylic acid groups (broad SMARTS) is 1. The molecule has 5 nitrogen and oxygen atoms in total. The van der Waals surface area contributed by atoms with Gasteiger partial charge in [0.2, 0.25) is 0 Å². The normalized spacial score (nSPS) is 11.8. The molecule has 0 aliphatic carbocycles. The Kier molecular flexibility index (Phi) is 4.58. The summed E-state index contributed by atoms with van der Waals surface area (Å²) in [6.45, 7) is 0. The molecule has 0 amide bonds. The number of carbonyl (C=O) groups is 1. The van der Waals surface area contributed by atoms with E-state index in [-0.39, 0.29) is 23.5 Å².